The Labute approximate surface area is 169 Å². The second-order valence-electron chi connectivity index (χ2n) is 6.55. The molecule has 0 N–H and O–H groups in total. The Morgan fingerprint density at radius 2 is 1.71 bits per heavy atom. The van der Waals surface area contributed by atoms with Gasteiger partial charge in [0, 0.05) is 11.6 Å². The number of carbonyl (C=O) groups is 1. The van der Waals surface area contributed by atoms with Crippen LogP contribution in [-0.2, 0) is 24.1 Å². The van der Waals surface area contributed by atoms with Crippen LogP contribution in [0.1, 0.15) is 12.8 Å². The fourth-order valence-corrected chi connectivity index (χ4v) is 4.66. The summed E-state index contributed by atoms with van der Waals surface area (Å²) in [6, 6.07) is 13.1. The highest BCUT2D eigenvalue weighted by Gasteiger charge is 2.32. The van der Waals surface area contributed by atoms with Crippen molar-refractivity contribution in [3.05, 3.63) is 53.6 Å². The number of ether oxygens (including phenoxy) is 3. The Morgan fingerprint density at radius 1 is 1.11 bits per heavy atom. The van der Waals surface area contributed by atoms with Crippen molar-refractivity contribution in [2.75, 3.05) is 19.5 Å². The third-order valence-corrected chi connectivity index (χ3v) is 6.59. The van der Waals surface area contributed by atoms with Gasteiger partial charge in [-0.2, -0.15) is 0 Å². The van der Waals surface area contributed by atoms with E-state index in [0.29, 0.717) is 36.0 Å². The molecule has 28 heavy (non-hydrogen) atoms. The monoisotopic (exact) mass is 424 g/mol. The fourth-order valence-electron chi connectivity index (χ4n) is 3.07. The van der Waals surface area contributed by atoms with E-state index in [1.165, 1.54) is 19.2 Å². The van der Waals surface area contributed by atoms with Crippen LogP contribution in [0.25, 0.3) is 0 Å². The molecular weight excluding hydrogens is 404 g/mol. The lowest BCUT2D eigenvalue weighted by molar-refractivity contribution is -0.150. The second-order valence-corrected chi connectivity index (χ2v) is 9.02. The predicted octanol–water partition coefficient (Wildman–Crippen LogP) is 3.87. The largest absolute Gasteiger partial charge is 0.469 e. The molecular formula is C20H21ClO6S. The lowest BCUT2D eigenvalue weighted by Gasteiger charge is -2.27. The number of hydrogen-bond donors (Lipinski definition) is 0. The summed E-state index contributed by atoms with van der Waals surface area (Å²) in [5, 5.41) is 0.605. The van der Waals surface area contributed by atoms with Gasteiger partial charge in [-0.3, -0.25) is 4.79 Å². The van der Waals surface area contributed by atoms with E-state index in [9.17, 15) is 13.2 Å². The number of sulfone groups is 1. The van der Waals surface area contributed by atoms with Gasteiger partial charge in [0.15, 0.2) is 9.84 Å². The summed E-state index contributed by atoms with van der Waals surface area (Å²) >= 11 is 5.84. The normalized spacial score (nSPS) is 19.8. The van der Waals surface area contributed by atoms with E-state index in [1.807, 2.05) is 0 Å². The third-order valence-electron chi connectivity index (χ3n) is 4.54. The summed E-state index contributed by atoms with van der Waals surface area (Å²) < 4.78 is 41.4. The van der Waals surface area contributed by atoms with Gasteiger partial charge >= 0.3 is 5.97 Å². The average molecular weight is 425 g/mol. The molecule has 1 aliphatic rings. The SMILES string of the molecule is COC(=O)C1CCOC(CS(=O)(=O)c2ccc(Oc3ccc(Cl)cc3)cc2)C1. The third kappa shape index (κ3) is 5.25. The molecule has 0 radical (unpaired) electrons. The molecule has 150 valence electrons. The molecule has 1 heterocycles. The number of methoxy groups -OCH3 is 1. The Morgan fingerprint density at radius 3 is 2.32 bits per heavy atom. The standard InChI is InChI=1S/C20H21ClO6S/c1-25-20(22)14-10-11-26-18(12-14)13-28(23,24)19-8-6-17(7-9-19)27-16-4-2-15(21)3-5-16/h2-9,14,18H,10-13H2,1H3. The van der Waals surface area contributed by atoms with Gasteiger partial charge in [0.1, 0.15) is 11.5 Å². The highest BCUT2D eigenvalue weighted by atomic mass is 35.5. The molecule has 2 unspecified atom stereocenters. The van der Waals surface area contributed by atoms with E-state index < -0.39 is 15.9 Å². The van der Waals surface area contributed by atoms with Gasteiger partial charge in [-0.05, 0) is 61.4 Å². The summed E-state index contributed by atoms with van der Waals surface area (Å²) in [6.07, 6.45) is 0.344. The molecule has 2 atom stereocenters. The number of esters is 1. The van der Waals surface area contributed by atoms with Crippen LogP contribution < -0.4 is 4.74 Å². The van der Waals surface area contributed by atoms with Crippen molar-refractivity contribution in [3.63, 3.8) is 0 Å². The topological polar surface area (TPSA) is 78.9 Å². The second kappa shape index (κ2) is 8.94. The Hall–Kier alpha value is -2.09. The van der Waals surface area contributed by atoms with E-state index in [-0.39, 0.29) is 22.5 Å². The number of halogens is 1. The average Bonchev–Trinajstić information content (AvgIpc) is 2.69. The lowest BCUT2D eigenvalue weighted by Crippen LogP contribution is -2.35. The maximum Gasteiger partial charge on any atom is 0.308 e. The van der Waals surface area contributed by atoms with Crippen LogP contribution in [-0.4, -0.2) is 40.0 Å². The van der Waals surface area contributed by atoms with Gasteiger partial charge < -0.3 is 14.2 Å². The molecule has 2 aromatic carbocycles. The Balaban J connectivity index is 1.65. The van der Waals surface area contributed by atoms with Crippen molar-refractivity contribution in [2.24, 2.45) is 5.92 Å². The van der Waals surface area contributed by atoms with Crippen LogP contribution in [0.2, 0.25) is 5.02 Å². The van der Waals surface area contributed by atoms with E-state index in [0.717, 1.165) is 0 Å². The minimum Gasteiger partial charge on any atom is -0.469 e. The maximum absolute atomic E-state index is 12.7. The van der Waals surface area contributed by atoms with Crippen LogP contribution in [0.3, 0.4) is 0 Å². The molecule has 0 saturated carbocycles. The first-order chi connectivity index (χ1) is 13.4. The van der Waals surface area contributed by atoms with Crippen LogP contribution >= 0.6 is 11.6 Å². The molecule has 0 bridgehead atoms. The molecule has 6 nitrogen and oxygen atoms in total. The maximum atomic E-state index is 12.7. The molecule has 2 aromatic rings. The number of benzene rings is 2. The molecule has 0 aliphatic carbocycles. The highest BCUT2D eigenvalue weighted by molar-refractivity contribution is 7.91. The smallest absolute Gasteiger partial charge is 0.308 e. The molecule has 1 aliphatic heterocycles. The van der Waals surface area contributed by atoms with Crippen molar-refractivity contribution < 1.29 is 27.4 Å². The first-order valence-corrected chi connectivity index (χ1v) is 10.9. The Kier molecular flexibility index (Phi) is 6.59. The minimum atomic E-state index is -3.56. The van der Waals surface area contributed by atoms with E-state index >= 15 is 0 Å². The summed E-state index contributed by atoms with van der Waals surface area (Å²) in [7, 11) is -2.23. The quantitative estimate of drug-likeness (QED) is 0.655. The van der Waals surface area contributed by atoms with Crippen molar-refractivity contribution in [1.29, 1.82) is 0 Å². The summed E-state index contributed by atoms with van der Waals surface area (Å²) in [6.45, 7) is 0.341. The first kappa shape index (κ1) is 20.6. The molecule has 0 aromatic heterocycles. The van der Waals surface area contributed by atoms with Gasteiger partial charge in [-0.1, -0.05) is 11.6 Å². The zero-order valence-corrected chi connectivity index (χ0v) is 16.9. The van der Waals surface area contributed by atoms with E-state index in [4.69, 9.17) is 25.8 Å². The van der Waals surface area contributed by atoms with Crippen LogP contribution in [0.5, 0.6) is 11.5 Å². The number of rotatable bonds is 6. The van der Waals surface area contributed by atoms with Crippen LogP contribution in [0.15, 0.2) is 53.4 Å². The van der Waals surface area contributed by atoms with Crippen LogP contribution in [0.4, 0.5) is 0 Å². The van der Waals surface area contributed by atoms with Crippen molar-refractivity contribution in [1.82, 2.24) is 0 Å². The Bertz CT molecular complexity index is 909. The van der Waals surface area contributed by atoms with Gasteiger partial charge in [0.05, 0.1) is 29.8 Å². The van der Waals surface area contributed by atoms with Gasteiger partial charge in [-0.15, -0.1) is 0 Å². The molecule has 0 spiro atoms. The highest BCUT2D eigenvalue weighted by Crippen LogP contribution is 2.27. The fraction of sp³-hybridized carbons (Fsp3) is 0.350. The summed E-state index contributed by atoms with van der Waals surface area (Å²) in [4.78, 5) is 11.9. The summed E-state index contributed by atoms with van der Waals surface area (Å²) in [5.41, 5.74) is 0. The number of hydrogen-bond acceptors (Lipinski definition) is 6. The molecule has 1 fully saturated rings. The van der Waals surface area contributed by atoms with Crippen molar-refractivity contribution in [2.45, 2.75) is 23.8 Å². The molecule has 8 heteroatoms. The molecule has 1 saturated heterocycles. The van der Waals surface area contributed by atoms with Crippen molar-refractivity contribution >= 4 is 27.4 Å². The zero-order chi connectivity index (χ0) is 20.1. The molecule has 3 rings (SSSR count). The predicted molar refractivity (Wildman–Crippen MR) is 105 cm³/mol. The summed E-state index contributed by atoms with van der Waals surface area (Å²) in [5.74, 6) is 0.284. The minimum absolute atomic E-state index is 0.180. The zero-order valence-electron chi connectivity index (χ0n) is 15.3. The van der Waals surface area contributed by atoms with Crippen molar-refractivity contribution in [3.8, 4) is 11.5 Å². The van der Waals surface area contributed by atoms with Gasteiger partial charge in [0.25, 0.3) is 0 Å². The molecule has 0 amide bonds. The number of carbonyl (C=O) groups excluding carboxylic acids is 1. The first-order valence-electron chi connectivity index (χ1n) is 8.83. The van der Waals surface area contributed by atoms with E-state index in [1.54, 1.807) is 36.4 Å². The van der Waals surface area contributed by atoms with Gasteiger partial charge in [0.2, 0.25) is 0 Å². The lowest BCUT2D eigenvalue weighted by atomic mass is 9.96. The van der Waals surface area contributed by atoms with Crippen LogP contribution in [0, 0.1) is 5.92 Å². The van der Waals surface area contributed by atoms with E-state index in [2.05, 4.69) is 0 Å². The van der Waals surface area contributed by atoms with Gasteiger partial charge in [-0.25, -0.2) is 8.42 Å².